The minimum absolute atomic E-state index is 0.307. The standard InChI is InChI=1S/C8H9NO2S/c10-8(11)5-1-2-6-7(3-5)12-4-9-6/h1-3,6-7,9H,4H2,(H,10,11). The van der Waals surface area contributed by atoms with Gasteiger partial charge in [0.15, 0.2) is 0 Å². The molecule has 1 saturated heterocycles. The van der Waals surface area contributed by atoms with Crippen molar-refractivity contribution in [1.82, 2.24) is 5.32 Å². The Morgan fingerprint density at radius 3 is 3.33 bits per heavy atom. The molecule has 2 rings (SSSR count). The lowest BCUT2D eigenvalue weighted by molar-refractivity contribution is -0.132. The van der Waals surface area contributed by atoms with Crippen LogP contribution in [0.15, 0.2) is 23.8 Å². The topological polar surface area (TPSA) is 49.3 Å². The Labute approximate surface area is 74.5 Å². The number of nitrogens with one attached hydrogen (secondary N) is 1. The summed E-state index contributed by atoms with van der Waals surface area (Å²) in [6, 6.07) is 0.332. The molecule has 0 spiro atoms. The number of carboxylic acid groups (broad SMARTS) is 1. The summed E-state index contributed by atoms with van der Waals surface area (Å²) >= 11 is 1.75. The van der Waals surface area contributed by atoms with Crippen LogP contribution in [-0.2, 0) is 4.79 Å². The van der Waals surface area contributed by atoms with Crippen molar-refractivity contribution >= 4 is 17.7 Å². The highest BCUT2D eigenvalue weighted by molar-refractivity contribution is 8.00. The van der Waals surface area contributed by atoms with Gasteiger partial charge in [0.2, 0.25) is 0 Å². The molecule has 64 valence electrons. The zero-order valence-corrected chi connectivity index (χ0v) is 7.17. The second-order valence-electron chi connectivity index (χ2n) is 2.79. The van der Waals surface area contributed by atoms with Gasteiger partial charge in [0.25, 0.3) is 0 Å². The normalized spacial score (nSPS) is 32.8. The number of hydrogen-bond acceptors (Lipinski definition) is 3. The molecule has 0 aromatic heterocycles. The maximum Gasteiger partial charge on any atom is 0.335 e. The minimum Gasteiger partial charge on any atom is -0.478 e. The van der Waals surface area contributed by atoms with Gasteiger partial charge in [-0.15, -0.1) is 11.8 Å². The molecule has 0 aromatic rings. The van der Waals surface area contributed by atoms with Crippen LogP contribution in [0.4, 0.5) is 0 Å². The highest BCUT2D eigenvalue weighted by Gasteiger charge is 2.27. The summed E-state index contributed by atoms with van der Waals surface area (Å²) in [5, 5.41) is 12.3. The Morgan fingerprint density at radius 2 is 2.58 bits per heavy atom. The molecule has 1 heterocycles. The lowest BCUT2D eigenvalue weighted by atomic mass is 10.0. The van der Waals surface area contributed by atoms with Gasteiger partial charge in [-0.1, -0.05) is 18.2 Å². The summed E-state index contributed by atoms with van der Waals surface area (Å²) < 4.78 is 0. The van der Waals surface area contributed by atoms with Crippen LogP contribution < -0.4 is 5.32 Å². The van der Waals surface area contributed by atoms with E-state index in [0.29, 0.717) is 16.9 Å². The van der Waals surface area contributed by atoms with Crippen LogP contribution >= 0.6 is 11.8 Å². The number of fused-ring (bicyclic) bond motifs is 1. The molecule has 0 bridgehead atoms. The molecule has 1 aliphatic carbocycles. The van der Waals surface area contributed by atoms with Gasteiger partial charge in [0, 0.05) is 17.2 Å². The van der Waals surface area contributed by atoms with E-state index in [-0.39, 0.29) is 0 Å². The predicted molar refractivity (Wildman–Crippen MR) is 48.0 cm³/mol. The Bertz CT molecular complexity index is 272. The molecule has 1 fully saturated rings. The van der Waals surface area contributed by atoms with E-state index < -0.39 is 5.97 Å². The second kappa shape index (κ2) is 2.95. The largest absolute Gasteiger partial charge is 0.478 e. The highest BCUT2D eigenvalue weighted by Crippen LogP contribution is 2.27. The molecule has 2 N–H and O–H groups in total. The molecule has 0 saturated carbocycles. The SMILES string of the molecule is O=C(O)C1=CC2SCNC2C=C1. The predicted octanol–water partition coefficient (Wildman–Crippen LogP) is 0.598. The monoisotopic (exact) mass is 183 g/mol. The van der Waals surface area contributed by atoms with Crippen LogP contribution in [0, 0.1) is 0 Å². The van der Waals surface area contributed by atoms with Crippen molar-refractivity contribution in [3.8, 4) is 0 Å². The van der Waals surface area contributed by atoms with Crippen LogP contribution in [0.1, 0.15) is 0 Å². The fraction of sp³-hybridized carbons (Fsp3) is 0.375. The molecule has 4 heteroatoms. The van der Waals surface area contributed by atoms with Gasteiger partial charge in [-0.2, -0.15) is 0 Å². The first-order chi connectivity index (χ1) is 5.77. The maximum absolute atomic E-state index is 10.6. The third kappa shape index (κ3) is 1.28. The van der Waals surface area contributed by atoms with E-state index in [1.165, 1.54) is 0 Å². The first-order valence-electron chi connectivity index (χ1n) is 3.76. The van der Waals surface area contributed by atoms with Crippen LogP contribution in [0.3, 0.4) is 0 Å². The zero-order valence-electron chi connectivity index (χ0n) is 6.36. The van der Waals surface area contributed by atoms with Crippen LogP contribution in [0.5, 0.6) is 0 Å². The molecule has 0 aromatic carbocycles. The van der Waals surface area contributed by atoms with Crippen LogP contribution in [0.2, 0.25) is 0 Å². The smallest absolute Gasteiger partial charge is 0.335 e. The van der Waals surface area contributed by atoms with Gasteiger partial charge >= 0.3 is 5.97 Å². The third-order valence-corrected chi connectivity index (χ3v) is 3.17. The van der Waals surface area contributed by atoms with Gasteiger partial charge in [-0.25, -0.2) is 4.79 Å². The number of carbonyl (C=O) groups is 1. The molecule has 1 aliphatic heterocycles. The number of rotatable bonds is 1. The van der Waals surface area contributed by atoms with Crippen LogP contribution in [-0.4, -0.2) is 28.2 Å². The fourth-order valence-electron chi connectivity index (χ4n) is 1.37. The number of carboxylic acids is 1. The number of hydrogen-bond donors (Lipinski definition) is 2. The quantitative estimate of drug-likeness (QED) is 0.625. The number of aliphatic carboxylic acids is 1. The molecule has 0 radical (unpaired) electrons. The van der Waals surface area contributed by atoms with Crippen molar-refractivity contribution in [2.75, 3.05) is 5.88 Å². The molecule has 2 unspecified atom stereocenters. The highest BCUT2D eigenvalue weighted by atomic mass is 32.2. The van der Waals surface area contributed by atoms with E-state index in [0.717, 1.165) is 5.88 Å². The Morgan fingerprint density at radius 1 is 1.75 bits per heavy atom. The van der Waals surface area contributed by atoms with E-state index in [1.807, 2.05) is 12.2 Å². The lowest BCUT2D eigenvalue weighted by Crippen LogP contribution is -2.29. The third-order valence-electron chi connectivity index (χ3n) is 2.02. The molecule has 3 nitrogen and oxygen atoms in total. The summed E-state index contributed by atoms with van der Waals surface area (Å²) in [6.45, 7) is 0. The van der Waals surface area contributed by atoms with Gasteiger partial charge in [0.1, 0.15) is 0 Å². The lowest BCUT2D eigenvalue weighted by Gasteiger charge is -2.15. The van der Waals surface area contributed by atoms with Gasteiger partial charge in [0.05, 0.1) is 5.57 Å². The first kappa shape index (κ1) is 7.89. The summed E-state index contributed by atoms with van der Waals surface area (Å²) in [5.74, 6) is 0.0699. The Hall–Kier alpha value is -0.740. The van der Waals surface area contributed by atoms with Crippen molar-refractivity contribution < 1.29 is 9.90 Å². The summed E-state index contributed by atoms with van der Waals surface area (Å²) in [6.07, 6.45) is 5.41. The number of thioether (sulfide) groups is 1. The fourth-order valence-corrected chi connectivity index (χ4v) is 2.49. The molecule has 0 amide bonds. The second-order valence-corrected chi connectivity index (χ2v) is 3.96. The van der Waals surface area contributed by atoms with Crippen molar-refractivity contribution in [1.29, 1.82) is 0 Å². The van der Waals surface area contributed by atoms with Crippen molar-refractivity contribution in [2.45, 2.75) is 11.3 Å². The molecular weight excluding hydrogens is 174 g/mol. The van der Waals surface area contributed by atoms with Crippen LogP contribution in [0.25, 0.3) is 0 Å². The Balaban J connectivity index is 2.20. The zero-order chi connectivity index (χ0) is 8.55. The average molecular weight is 183 g/mol. The first-order valence-corrected chi connectivity index (χ1v) is 4.80. The Kier molecular flexibility index (Phi) is 1.94. The minimum atomic E-state index is -0.836. The van der Waals surface area contributed by atoms with Crippen molar-refractivity contribution in [3.63, 3.8) is 0 Å². The summed E-state index contributed by atoms with van der Waals surface area (Å²) in [7, 11) is 0. The van der Waals surface area contributed by atoms with Gasteiger partial charge < -0.3 is 10.4 Å². The summed E-state index contributed by atoms with van der Waals surface area (Å²) in [4.78, 5) is 10.6. The van der Waals surface area contributed by atoms with E-state index in [4.69, 9.17) is 5.11 Å². The van der Waals surface area contributed by atoms with Crippen molar-refractivity contribution in [3.05, 3.63) is 23.8 Å². The van der Waals surface area contributed by atoms with E-state index >= 15 is 0 Å². The molecule has 2 aliphatic rings. The molecule has 12 heavy (non-hydrogen) atoms. The van der Waals surface area contributed by atoms with E-state index in [9.17, 15) is 4.79 Å². The van der Waals surface area contributed by atoms with Gasteiger partial charge in [-0.05, 0) is 0 Å². The van der Waals surface area contributed by atoms with Gasteiger partial charge in [-0.3, -0.25) is 0 Å². The maximum atomic E-state index is 10.6. The summed E-state index contributed by atoms with van der Waals surface area (Å²) in [5.41, 5.74) is 0.410. The van der Waals surface area contributed by atoms with E-state index in [1.54, 1.807) is 17.8 Å². The van der Waals surface area contributed by atoms with E-state index in [2.05, 4.69) is 5.32 Å². The average Bonchev–Trinajstić information content (AvgIpc) is 2.49. The molecule has 2 atom stereocenters. The van der Waals surface area contributed by atoms with Crippen molar-refractivity contribution in [2.24, 2.45) is 0 Å². The molecular formula is C8H9NO2S.